The van der Waals surface area contributed by atoms with Crippen molar-refractivity contribution in [2.24, 2.45) is 11.7 Å². The first kappa shape index (κ1) is 18.0. The first-order valence-electron chi connectivity index (χ1n) is 8.34. The summed E-state index contributed by atoms with van der Waals surface area (Å²) >= 11 is 0. The normalized spacial score (nSPS) is 17.5. The zero-order valence-electron chi connectivity index (χ0n) is 13.8. The molecule has 1 heterocycles. The highest BCUT2D eigenvalue weighted by Crippen LogP contribution is 2.23. The van der Waals surface area contributed by atoms with E-state index in [-0.39, 0.29) is 12.4 Å². The molecular weight excluding hydrogens is 304 g/mol. The molecule has 1 aliphatic heterocycles. The largest absolute Gasteiger partial charge is 0.328 e. The molecule has 1 aliphatic rings. The molecule has 0 aliphatic carbocycles. The Labute approximate surface area is 146 Å². The number of benzene rings is 2. The summed E-state index contributed by atoms with van der Waals surface area (Å²) in [4.78, 5) is 2.55. The quantitative estimate of drug-likeness (QED) is 0.903. The number of hydrogen-bond donors (Lipinski definition) is 1. The molecule has 0 bridgehead atoms. The van der Waals surface area contributed by atoms with Crippen molar-refractivity contribution in [2.75, 3.05) is 13.1 Å². The van der Waals surface area contributed by atoms with Gasteiger partial charge in [0.05, 0.1) is 0 Å². The Morgan fingerprint density at radius 3 is 2.09 bits per heavy atom. The third-order valence-electron chi connectivity index (χ3n) is 4.84. The van der Waals surface area contributed by atoms with Gasteiger partial charge in [-0.05, 0) is 55.5 Å². The van der Waals surface area contributed by atoms with Crippen LogP contribution in [0.1, 0.15) is 25.3 Å². The first-order valence-corrected chi connectivity index (χ1v) is 8.34. The molecule has 23 heavy (non-hydrogen) atoms. The average Bonchev–Trinajstić information content (AvgIpc) is 2.57. The second-order valence-corrected chi connectivity index (χ2v) is 6.54. The van der Waals surface area contributed by atoms with Crippen molar-refractivity contribution in [1.29, 1.82) is 0 Å². The zero-order chi connectivity index (χ0) is 15.4. The summed E-state index contributed by atoms with van der Waals surface area (Å²) < 4.78 is 0. The molecule has 1 atom stereocenters. The van der Waals surface area contributed by atoms with Gasteiger partial charge in [0.2, 0.25) is 0 Å². The molecule has 0 aromatic heterocycles. The Morgan fingerprint density at radius 2 is 1.52 bits per heavy atom. The van der Waals surface area contributed by atoms with Crippen molar-refractivity contribution in [2.45, 2.75) is 32.4 Å². The second-order valence-electron chi connectivity index (χ2n) is 6.54. The van der Waals surface area contributed by atoms with E-state index in [0.717, 1.165) is 6.54 Å². The van der Waals surface area contributed by atoms with Crippen LogP contribution in [0.4, 0.5) is 0 Å². The zero-order valence-corrected chi connectivity index (χ0v) is 14.6. The standard InChI is InChI=1S/C20H26N2.ClH/c1-16(21)18-11-13-22(14-12-18)15-17-7-9-20(10-8-17)19-5-3-2-4-6-19;/h2-10,16,18H,11-15,21H2,1H3;1H. The van der Waals surface area contributed by atoms with E-state index in [1.165, 1.54) is 42.6 Å². The fourth-order valence-electron chi connectivity index (χ4n) is 3.33. The smallest absolute Gasteiger partial charge is 0.0233 e. The summed E-state index contributed by atoms with van der Waals surface area (Å²) in [5, 5.41) is 0. The van der Waals surface area contributed by atoms with E-state index in [1.54, 1.807) is 0 Å². The Bertz CT molecular complexity index is 572. The van der Waals surface area contributed by atoms with Crippen LogP contribution in [0.5, 0.6) is 0 Å². The van der Waals surface area contributed by atoms with E-state index < -0.39 is 0 Å². The predicted molar refractivity (Wildman–Crippen MR) is 101 cm³/mol. The van der Waals surface area contributed by atoms with E-state index >= 15 is 0 Å². The van der Waals surface area contributed by atoms with Crippen LogP contribution < -0.4 is 5.73 Å². The van der Waals surface area contributed by atoms with Gasteiger partial charge in [0.25, 0.3) is 0 Å². The predicted octanol–water partition coefficient (Wildman–Crippen LogP) is 4.33. The highest BCUT2D eigenvalue weighted by molar-refractivity contribution is 5.85. The summed E-state index contributed by atoms with van der Waals surface area (Å²) in [6.45, 7) is 5.54. The average molecular weight is 331 g/mol. The van der Waals surface area contributed by atoms with Crippen molar-refractivity contribution >= 4 is 12.4 Å². The molecule has 2 N–H and O–H groups in total. The first-order chi connectivity index (χ1) is 10.7. The molecule has 1 saturated heterocycles. The van der Waals surface area contributed by atoms with Crippen LogP contribution in [0, 0.1) is 5.92 Å². The molecule has 2 aromatic carbocycles. The van der Waals surface area contributed by atoms with Gasteiger partial charge in [-0.15, -0.1) is 12.4 Å². The van der Waals surface area contributed by atoms with Crippen LogP contribution in [0.25, 0.3) is 11.1 Å². The topological polar surface area (TPSA) is 29.3 Å². The summed E-state index contributed by atoms with van der Waals surface area (Å²) in [6.07, 6.45) is 2.47. The van der Waals surface area contributed by atoms with Crippen LogP contribution in [0.15, 0.2) is 54.6 Å². The molecule has 0 spiro atoms. The molecular formula is C20H27ClN2. The van der Waals surface area contributed by atoms with Crippen LogP contribution in [-0.4, -0.2) is 24.0 Å². The number of rotatable bonds is 4. The summed E-state index contributed by atoms with van der Waals surface area (Å²) in [6, 6.07) is 19.9. The highest BCUT2D eigenvalue weighted by atomic mass is 35.5. The Hall–Kier alpha value is -1.35. The lowest BCUT2D eigenvalue weighted by Gasteiger charge is -2.33. The van der Waals surface area contributed by atoms with Gasteiger partial charge in [0.15, 0.2) is 0 Å². The molecule has 0 saturated carbocycles. The van der Waals surface area contributed by atoms with E-state index in [0.29, 0.717) is 12.0 Å². The maximum atomic E-state index is 6.02. The Morgan fingerprint density at radius 1 is 0.957 bits per heavy atom. The van der Waals surface area contributed by atoms with Crippen LogP contribution in [-0.2, 0) is 6.54 Å². The molecule has 1 unspecified atom stereocenters. The third kappa shape index (κ3) is 4.81. The maximum Gasteiger partial charge on any atom is 0.0233 e. The van der Waals surface area contributed by atoms with Gasteiger partial charge in [-0.2, -0.15) is 0 Å². The highest BCUT2D eigenvalue weighted by Gasteiger charge is 2.21. The van der Waals surface area contributed by atoms with Crippen LogP contribution in [0.3, 0.4) is 0 Å². The van der Waals surface area contributed by atoms with Gasteiger partial charge in [-0.1, -0.05) is 54.6 Å². The van der Waals surface area contributed by atoms with Crippen molar-refractivity contribution in [3.8, 4) is 11.1 Å². The molecule has 1 fully saturated rings. The van der Waals surface area contributed by atoms with Gasteiger partial charge in [0, 0.05) is 12.6 Å². The number of piperidine rings is 1. The molecule has 3 rings (SSSR count). The van der Waals surface area contributed by atoms with Crippen molar-refractivity contribution < 1.29 is 0 Å². The minimum atomic E-state index is 0. The van der Waals surface area contributed by atoms with Gasteiger partial charge in [-0.25, -0.2) is 0 Å². The lowest BCUT2D eigenvalue weighted by atomic mass is 9.91. The minimum Gasteiger partial charge on any atom is -0.328 e. The maximum absolute atomic E-state index is 6.02. The summed E-state index contributed by atoms with van der Waals surface area (Å²) in [5.74, 6) is 0.705. The number of halogens is 1. The summed E-state index contributed by atoms with van der Waals surface area (Å²) in [7, 11) is 0. The van der Waals surface area contributed by atoms with Gasteiger partial charge in [0.1, 0.15) is 0 Å². The number of nitrogens with two attached hydrogens (primary N) is 1. The molecule has 0 amide bonds. The molecule has 2 nitrogen and oxygen atoms in total. The van der Waals surface area contributed by atoms with E-state index in [1.807, 2.05) is 0 Å². The van der Waals surface area contributed by atoms with Crippen molar-refractivity contribution in [3.05, 3.63) is 60.2 Å². The molecule has 124 valence electrons. The Balaban J connectivity index is 0.00000192. The van der Waals surface area contributed by atoms with Gasteiger partial charge in [-0.3, -0.25) is 4.90 Å². The van der Waals surface area contributed by atoms with E-state index in [4.69, 9.17) is 5.73 Å². The fourth-order valence-corrected chi connectivity index (χ4v) is 3.33. The lowest BCUT2D eigenvalue weighted by molar-refractivity contribution is 0.166. The van der Waals surface area contributed by atoms with Gasteiger partial charge >= 0.3 is 0 Å². The third-order valence-corrected chi connectivity index (χ3v) is 4.84. The SMILES string of the molecule is CC(N)C1CCN(Cc2ccc(-c3ccccc3)cc2)CC1.Cl. The monoisotopic (exact) mass is 330 g/mol. The number of hydrogen-bond acceptors (Lipinski definition) is 2. The van der Waals surface area contributed by atoms with Crippen LogP contribution >= 0.6 is 12.4 Å². The van der Waals surface area contributed by atoms with Gasteiger partial charge < -0.3 is 5.73 Å². The fraction of sp³-hybridized carbons (Fsp3) is 0.400. The molecule has 3 heteroatoms. The van der Waals surface area contributed by atoms with Crippen molar-refractivity contribution in [1.82, 2.24) is 4.90 Å². The van der Waals surface area contributed by atoms with Crippen molar-refractivity contribution in [3.63, 3.8) is 0 Å². The Kier molecular flexibility index (Phi) is 6.64. The van der Waals surface area contributed by atoms with Crippen LogP contribution in [0.2, 0.25) is 0 Å². The number of nitrogens with zero attached hydrogens (tertiary/aromatic N) is 1. The second kappa shape index (κ2) is 8.49. The number of likely N-dealkylation sites (tertiary alicyclic amines) is 1. The molecule has 2 aromatic rings. The molecule has 0 radical (unpaired) electrons. The minimum absolute atomic E-state index is 0. The lowest BCUT2D eigenvalue weighted by Crippen LogP contribution is -2.39. The van der Waals surface area contributed by atoms with E-state index in [2.05, 4.69) is 66.4 Å². The summed E-state index contributed by atoms with van der Waals surface area (Å²) in [5.41, 5.74) is 10.00. The van der Waals surface area contributed by atoms with E-state index in [9.17, 15) is 0 Å².